The van der Waals surface area contributed by atoms with E-state index < -0.39 is 5.97 Å². The number of carbonyl (C=O) groups is 1. The molecular weight excluding hydrogens is 294 g/mol. The number of hydrogen-bond acceptors (Lipinski definition) is 4. The number of methoxy groups -OCH3 is 1. The number of pyridine rings is 1. The fourth-order valence-corrected chi connectivity index (χ4v) is 2.73. The van der Waals surface area contributed by atoms with Gasteiger partial charge in [-0.1, -0.05) is 11.6 Å². The van der Waals surface area contributed by atoms with E-state index in [-0.39, 0.29) is 16.3 Å². The van der Waals surface area contributed by atoms with Crippen molar-refractivity contribution in [2.45, 2.75) is 13.8 Å². The minimum atomic E-state index is -0.573. The molecule has 0 aliphatic heterocycles. The van der Waals surface area contributed by atoms with Crippen LogP contribution in [0.5, 0.6) is 0 Å². The summed E-state index contributed by atoms with van der Waals surface area (Å²) in [5.41, 5.74) is 2.49. The molecule has 0 aromatic carbocycles. The summed E-state index contributed by atoms with van der Waals surface area (Å²) in [6.07, 6.45) is 0. The molecule has 2 aromatic rings. The van der Waals surface area contributed by atoms with Gasteiger partial charge in [-0.3, -0.25) is 9.48 Å². The van der Waals surface area contributed by atoms with Gasteiger partial charge >= 0.3 is 5.97 Å². The Labute approximate surface area is 126 Å². The maximum atomic E-state index is 12.1. The van der Waals surface area contributed by atoms with Crippen molar-refractivity contribution in [3.05, 3.63) is 38.3 Å². The maximum Gasteiger partial charge on any atom is 0.357 e. The Balaban J connectivity index is 2.79. The number of hydrogen-bond donors (Lipinski definition) is 0. The van der Waals surface area contributed by atoms with Gasteiger partial charge in [-0.25, -0.2) is 4.79 Å². The number of nitrogens with zero attached hydrogens (tertiary/aromatic N) is 3. The number of aryl methyl sites for hydroxylation is 3. The zero-order valence-corrected chi connectivity index (χ0v) is 13.3. The van der Waals surface area contributed by atoms with Crippen LogP contribution in [0.15, 0.2) is 10.9 Å². The third kappa shape index (κ3) is 2.35. The summed E-state index contributed by atoms with van der Waals surface area (Å²) in [6, 6.07) is 1.78. The van der Waals surface area contributed by atoms with Crippen molar-refractivity contribution < 1.29 is 9.53 Å². The molecule has 0 radical (unpaired) electrons. The van der Waals surface area contributed by atoms with Gasteiger partial charge in [0.2, 0.25) is 0 Å². The van der Waals surface area contributed by atoms with Gasteiger partial charge in [0, 0.05) is 19.7 Å². The molecule has 0 bridgehead atoms. The quantitative estimate of drug-likeness (QED) is 0.794. The molecule has 0 saturated heterocycles. The first-order valence-corrected chi connectivity index (χ1v) is 6.65. The highest BCUT2D eigenvalue weighted by Crippen LogP contribution is 2.31. The molecule has 0 saturated carbocycles. The molecule has 2 rings (SSSR count). The Hall–Kier alpha value is -2.08. The molecular formula is C14H16ClN3O3. The highest BCUT2D eigenvalue weighted by atomic mass is 35.5. The average Bonchev–Trinajstić information content (AvgIpc) is 2.71. The number of ether oxygens (including phenoxy) is 1. The first-order valence-electron chi connectivity index (χ1n) is 6.28. The van der Waals surface area contributed by atoms with Crippen molar-refractivity contribution >= 4 is 17.6 Å². The zero-order chi connectivity index (χ0) is 15.9. The highest BCUT2D eigenvalue weighted by molar-refractivity contribution is 6.35. The smallest absolute Gasteiger partial charge is 0.357 e. The molecule has 0 atom stereocenters. The summed E-state index contributed by atoms with van der Waals surface area (Å²) in [7, 11) is 4.53. The predicted molar refractivity (Wildman–Crippen MR) is 79.7 cm³/mol. The van der Waals surface area contributed by atoms with Crippen LogP contribution in [0.3, 0.4) is 0 Å². The van der Waals surface area contributed by atoms with E-state index >= 15 is 0 Å². The summed E-state index contributed by atoms with van der Waals surface area (Å²) in [5, 5.41) is 4.44. The molecule has 0 aliphatic carbocycles. The van der Waals surface area contributed by atoms with Crippen molar-refractivity contribution in [3.8, 4) is 11.4 Å². The Kier molecular flexibility index (Phi) is 3.91. The molecule has 6 nitrogen and oxygen atoms in total. The van der Waals surface area contributed by atoms with Crippen molar-refractivity contribution in [1.29, 1.82) is 0 Å². The van der Waals surface area contributed by atoms with Crippen LogP contribution >= 0.6 is 11.6 Å². The van der Waals surface area contributed by atoms with E-state index in [2.05, 4.69) is 5.10 Å². The minimum absolute atomic E-state index is 0.128. The summed E-state index contributed by atoms with van der Waals surface area (Å²) in [4.78, 5) is 23.9. The van der Waals surface area contributed by atoms with Crippen LogP contribution in [0, 0.1) is 13.8 Å². The monoisotopic (exact) mass is 309 g/mol. The number of rotatable bonds is 2. The van der Waals surface area contributed by atoms with Crippen LogP contribution < -0.4 is 5.56 Å². The van der Waals surface area contributed by atoms with Gasteiger partial charge in [-0.15, -0.1) is 0 Å². The topological polar surface area (TPSA) is 66.1 Å². The van der Waals surface area contributed by atoms with Crippen molar-refractivity contribution in [1.82, 2.24) is 14.3 Å². The molecule has 21 heavy (non-hydrogen) atoms. The largest absolute Gasteiger partial charge is 0.464 e. The van der Waals surface area contributed by atoms with Gasteiger partial charge in [-0.2, -0.15) is 5.10 Å². The highest BCUT2D eigenvalue weighted by Gasteiger charge is 2.24. The van der Waals surface area contributed by atoms with Gasteiger partial charge in [0.1, 0.15) is 10.7 Å². The van der Waals surface area contributed by atoms with Crippen molar-refractivity contribution in [2.75, 3.05) is 7.11 Å². The average molecular weight is 310 g/mol. The first-order chi connectivity index (χ1) is 9.79. The van der Waals surface area contributed by atoms with Gasteiger partial charge in [0.15, 0.2) is 5.69 Å². The lowest BCUT2D eigenvalue weighted by Crippen LogP contribution is -2.21. The molecule has 0 aliphatic rings. The van der Waals surface area contributed by atoms with Crippen LogP contribution in [0.1, 0.15) is 21.6 Å². The van der Waals surface area contributed by atoms with Crippen molar-refractivity contribution in [3.63, 3.8) is 0 Å². The summed E-state index contributed by atoms with van der Waals surface area (Å²) in [5.74, 6) is -0.573. The lowest BCUT2D eigenvalue weighted by molar-refractivity contribution is 0.0588. The van der Waals surface area contributed by atoms with Gasteiger partial charge in [-0.05, 0) is 25.5 Å². The van der Waals surface area contributed by atoms with Crippen LogP contribution in [0.2, 0.25) is 5.02 Å². The molecule has 2 heterocycles. The van der Waals surface area contributed by atoms with Gasteiger partial charge in [0.25, 0.3) is 5.56 Å². The number of halogens is 1. The summed E-state index contributed by atoms with van der Waals surface area (Å²) < 4.78 is 7.54. The SMILES string of the molecule is COC(=O)c1c(Cl)c(-c2c(C)cc(C)c(=O)n2C)nn1C. The molecule has 112 valence electrons. The van der Waals surface area contributed by atoms with Crippen LogP contribution in [-0.2, 0) is 18.8 Å². The first kappa shape index (κ1) is 15.3. The number of esters is 1. The third-order valence-corrected chi connectivity index (χ3v) is 3.73. The fourth-order valence-electron chi connectivity index (χ4n) is 2.40. The second-order valence-electron chi connectivity index (χ2n) is 4.85. The van der Waals surface area contributed by atoms with E-state index in [9.17, 15) is 9.59 Å². The lowest BCUT2D eigenvalue weighted by Gasteiger charge is -2.11. The van der Waals surface area contributed by atoms with Gasteiger partial charge in [0.05, 0.1) is 12.8 Å². The Morgan fingerprint density at radius 2 is 1.90 bits per heavy atom. The number of aromatic nitrogens is 3. The minimum Gasteiger partial charge on any atom is -0.464 e. The third-order valence-electron chi connectivity index (χ3n) is 3.38. The molecule has 0 amide bonds. The van der Waals surface area contributed by atoms with E-state index in [0.717, 1.165) is 5.56 Å². The lowest BCUT2D eigenvalue weighted by atomic mass is 10.1. The Bertz CT molecular complexity index is 790. The standard InChI is InChI=1S/C14H16ClN3O3/c1-7-6-8(2)13(19)17(3)11(7)10-9(15)12(14(20)21-5)18(4)16-10/h6H,1-5H3. The number of carbonyl (C=O) groups excluding carboxylic acids is 1. The molecule has 7 heteroatoms. The molecule has 0 fully saturated rings. The molecule has 0 unspecified atom stereocenters. The van der Waals surface area contributed by atoms with Crippen molar-refractivity contribution in [2.24, 2.45) is 14.1 Å². The fraction of sp³-hybridized carbons (Fsp3) is 0.357. The normalized spacial score (nSPS) is 10.8. The second kappa shape index (κ2) is 5.37. The Morgan fingerprint density at radius 1 is 1.29 bits per heavy atom. The molecule has 2 aromatic heterocycles. The van der Waals surface area contributed by atoms with E-state index in [0.29, 0.717) is 17.0 Å². The van der Waals surface area contributed by atoms with Gasteiger partial charge < -0.3 is 9.30 Å². The van der Waals surface area contributed by atoms with Crippen LogP contribution in [0.25, 0.3) is 11.4 Å². The molecule has 0 spiro atoms. The van der Waals surface area contributed by atoms with Crippen LogP contribution in [0.4, 0.5) is 0 Å². The van der Waals surface area contributed by atoms with E-state index in [1.165, 1.54) is 16.4 Å². The molecule has 0 N–H and O–H groups in total. The maximum absolute atomic E-state index is 12.1. The summed E-state index contributed by atoms with van der Waals surface area (Å²) >= 11 is 6.27. The van der Waals surface area contributed by atoms with Crippen LogP contribution in [-0.4, -0.2) is 27.4 Å². The Morgan fingerprint density at radius 3 is 2.48 bits per heavy atom. The second-order valence-corrected chi connectivity index (χ2v) is 5.23. The zero-order valence-electron chi connectivity index (χ0n) is 12.5. The van der Waals surface area contributed by atoms with E-state index in [1.54, 1.807) is 27.1 Å². The van der Waals surface area contributed by atoms with E-state index in [4.69, 9.17) is 16.3 Å². The van der Waals surface area contributed by atoms with E-state index in [1.807, 2.05) is 6.92 Å². The predicted octanol–water partition coefficient (Wildman–Crippen LogP) is 1.84. The summed E-state index contributed by atoms with van der Waals surface area (Å²) in [6.45, 7) is 3.61.